The van der Waals surface area contributed by atoms with Crippen LogP contribution in [-0.2, 0) is 4.74 Å². The fraction of sp³-hybridized carbons (Fsp3) is 0.200. The quantitative estimate of drug-likeness (QED) is 0.867. The summed E-state index contributed by atoms with van der Waals surface area (Å²) < 4.78 is 5.64. The Morgan fingerprint density at radius 1 is 1.62 bits per heavy atom. The van der Waals surface area contributed by atoms with Crippen molar-refractivity contribution in [3.63, 3.8) is 0 Å². The number of carbonyl (C=O) groups is 1. The standard InChI is InChI=1S/C10H8BrNO3S/c1-2-15-10(14)6-4-12-9-5(8(6)13)3-7(11)16-9/h3-4H,2H2,1H3,(H,12,13). The summed E-state index contributed by atoms with van der Waals surface area (Å²) in [4.78, 5) is 27.0. The zero-order valence-corrected chi connectivity index (χ0v) is 10.8. The monoisotopic (exact) mass is 301 g/mol. The number of nitrogens with one attached hydrogen (secondary N) is 1. The van der Waals surface area contributed by atoms with Gasteiger partial charge < -0.3 is 9.72 Å². The lowest BCUT2D eigenvalue weighted by Crippen LogP contribution is -2.17. The molecule has 16 heavy (non-hydrogen) atoms. The lowest BCUT2D eigenvalue weighted by molar-refractivity contribution is 0.0524. The van der Waals surface area contributed by atoms with Crippen molar-refractivity contribution in [3.8, 4) is 0 Å². The van der Waals surface area contributed by atoms with Crippen LogP contribution < -0.4 is 5.43 Å². The molecule has 0 aliphatic heterocycles. The third kappa shape index (κ3) is 1.90. The maximum absolute atomic E-state index is 11.9. The number of fused-ring (bicyclic) bond motifs is 1. The second kappa shape index (κ2) is 4.39. The highest BCUT2D eigenvalue weighted by atomic mass is 79.9. The van der Waals surface area contributed by atoms with Crippen molar-refractivity contribution in [1.29, 1.82) is 0 Å². The second-order valence-corrected chi connectivity index (χ2v) is 5.48. The van der Waals surface area contributed by atoms with Crippen LogP contribution in [-0.4, -0.2) is 17.6 Å². The molecular formula is C10H8BrNO3S. The molecule has 0 atom stereocenters. The summed E-state index contributed by atoms with van der Waals surface area (Å²) in [7, 11) is 0. The third-order valence-electron chi connectivity index (χ3n) is 2.03. The van der Waals surface area contributed by atoms with Crippen molar-refractivity contribution in [1.82, 2.24) is 4.98 Å². The number of aromatic nitrogens is 1. The predicted molar refractivity (Wildman–Crippen MR) is 66.1 cm³/mol. The number of halogens is 1. The highest BCUT2D eigenvalue weighted by molar-refractivity contribution is 9.11. The Labute approximate surface area is 103 Å². The van der Waals surface area contributed by atoms with Gasteiger partial charge in [-0.2, -0.15) is 0 Å². The molecule has 84 valence electrons. The van der Waals surface area contributed by atoms with E-state index in [0.29, 0.717) is 5.39 Å². The number of aromatic amines is 1. The van der Waals surface area contributed by atoms with E-state index in [1.165, 1.54) is 17.5 Å². The second-order valence-electron chi connectivity index (χ2n) is 3.05. The molecule has 2 aromatic heterocycles. The molecule has 0 aliphatic rings. The third-order valence-corrected chi connectivity index (χ3v) is 3.60. The minimum absolute atomic E-state index is 0.0413. The summed E-state index contributed by atoms with van der Waals surface area (Å²) in [5.41, 5.74) is -0.256. The van der Waals surface area contributed by atoms with E-state index in [4.69, 9.17) is 4.74 Å². The first-order valence-electron chi connectivity index (χ1n) is 4.61. The van der Waals surface area contributed by atoms with Crippen molar-refractivity contribution in [3.05, 3.63) is 31.8 Å². The molecule has 2 heterocycles. The van der Waals surface area contributed by atoms with Gasteiger partial charge in [0.1, 0.15) is 10.4 Å². The van der Waals surface area contributed by atoms with E-state index in [9.17, 15) is 9.59 Å². The molecule has 0 aromatic carbocycles. The molecule has 0 spiro atoms. The maximum atomic E-state index is 11.9. The van der Waals surface area contributed by atoms with Gasteiger partial charge in [0.05, 0.1) is 15.8 Å². The van der Waals surface area contributed by atoms with Crippen molar-refractivity contribution in [2.45, 2.75) is 6.92 Å². The summed E-state index contributed by atoms with van der Waals surface area (Å²) >= 11 is 4.70. The zero-order chi connectivity index (χ0) is 11.7. The summed E-state index contributed by atoms with van der Waals surface area (Å²) in [6, 6.07) is 1.70. The van der Waals surface area contributed by atoms with Crippen LogP contribution in [0.1, 0.15) is 17.3 Å². The van der Waals surface area contributed by atoms with Gasteiger partial charge in [0.25, 0.3) is 0 Å². The number of hydrogen-bond donors (Lipinski definition) is 1. The SMILES string of the molecule is CCOC(=O)c1c[nH]c2sc(Br)cc2c1=O. The first kappa shape index (κ1) is 11.3. The van der Waals surface area contributed by atoms with Crippen molar-refractivity contribution in [2.24, 2.45) is 0 Å². The highest BCUT2D eigenvalue weighted by Crippen LogP contribution is 2.26. The van der Waals surface area contributed by atoms with Crippen molar-refractivity contribution < 1.29 is 9.53 Å². The molecule has 0 saturated carbocycles. The van der Waals surface area contributed by atoms with E-state index in [-0.39, 0.29) is 17.6 Å². The average molecular weight is 302 g/mol. The lowest BCUT2D eigenvalue weighted by atomic mass is 10.2. The van der Waals surface area contributed by atoms with E-state index in [1.807, 2.05) is 0 Å². The van der Waals surface area contributed by atoms with Gasteiger partial charge in [-0.3, -0.25) is 4.79 Å². The number of ether oxygens (including phenoxy) is 1. The minimum Gasteiger partial charge on any atom is -0.462 e. The van der Waals surface area contributed by atoms with E-state index in [0.717, 1.165) is 8.62 Å². The Bertz CT molecular complexity index is 602. The normalized spacial score (nSPS) is 10.6. The zero-order valence-electron chi connectivity index (χ0n) is 8.37. The Hall–Kier alpha value is -1.14. The summed E-state index contributed by atoms with van der Waals surface area (Å²) in [5.74, 6) is -0.590. The van der Waals surface area contributed by atoms with Gasteiger partial charge in [0.2, 0.25) is 5.43 Å². The Balaban J connectivity index is 2.60. The fourth-order valence-corrected chi connectivity index (χ4v) is 2.81. The number of carbonyl (C=O) groups excluding carboxylic acids is 1. The van der Waals surface area contributed by atoms with Gasteiger partial charge in [0, 0.05) is 6.20 Å². The van der Waals surface area contributed by atoms with Gasteiger partial charge in [-0.15, -0.1) is 11.3 Å². The molecule has 0 aliphatic carbocycles. The van der Waals surface area contributed by atoms with Gasteiger partial charge in [-0.05, 0) is 28.9 Å². The summed E-state index contributed by atoms with van der Waals surface area (Å²) in [5, 5.41) is 0.502. The number of H-pyrrole nitrogens is 1. The minimum atomic E-state index is -0.590. The maximum Gasteiger partial charge on any atom is 0.343 e. The van der Waals surface area contributed by atoms with E-state index in [2.05, 4.69) is 20.9 Å². The van der Waals surface area contributed by atoms with Crippen LogP contribution in [0.25, 0.3) is 10.2 Å². The largest absolute Gasteiger partial charge is 0.462 e. The number of pyridine rings is 1. The average Bonchev–Trinajstić information content (AvgIpc) is 2.60. The lowest BCUT2D eigenvalue weighted by Gasteiger charge is -2.00. The first-order chi connectivity index (χ1) is 7.63. The summed E-state index contributed by atoms with van der Waals surface area (Å²) in [6.07, 6.45) is 1.39. The van der Waals surface area contributed by atoms with Crippen LogP contribution in [0.3, 0.4) is 0 Å². The molecule has 0 saturated heterocycles. The molecule has 0 amide bonds. The van der Waals surface area contributed by atoms with Crippen molar-refractivity contribution >= 4 is 43.5 Å². The predicted octanol–water partition coefficient (Wildman–Crippen LogP) is 2.53. The molecule has 1 N–H and O–H groups in total. The van der Waals surface area contributed by atoms with Gasteiger partial charge >= 0.3 is 5.97 Å². The molecule has 2 aromatic rings. The van der Waals surface area contributed by atoms with Crippen LogP contribution in [0.2, 0.25) is 0 Å². The molecule has 0 unspecified atom stereocenters. The number of hydrogen-bond acceptors (Lipinski definition) is 4. The number of thiophene rings is 1. The Kier molecular flexibility index (Phi) is 3.11. The van der Waals surface area contributed by atoms with Crippen LogP contribution in [0.5, 0.6) is 0 Å². The van der Waals surface area contributed by atoms with Crippen LogP contribution in [0.15, 0.2) is 20.8 Å². The number of esters is 1. The molecule has 2 rings (SSSR count). The molecule has 6 heteroatoms. The number of rotatable bonds is 2. The Morgan fingerprint density at radius 2 is 2.38 bits per heavy atom. The molecule has 0 radical (unpaired) electrons. The van der Waals surface area contributed by atoms with E-state index >= 15 is 0 Å². The van der Waals surface area contributed by atoms with E-state index in [1.54, 1.807) is 13.0 Å². The molecule has 0 fully saturated rings. The summed E-state index contributed by atoms with van der Waals surface area (Å²) in [6.45, 7) is 1.95. The van der Waals surface area contributed by atoms with E-state index < -0.39 is 5.97 Å². The smallest absolute Gasteiger partial charge is 0.343 e. The Morgan fingerprint density at radius 3 is 3.06 bits per heavy atom. The van der Waals surface area contributed by atoms with Gasteiger partial charge in [0.15, 0.2) is 0 Å². The van der Waals surface area contributed by atoms with Crippen LogP contribution in [0, 0.1) is 0 Å². The molecular weight excluding hydrogens is 294 g/mol. The molecule has 0 bridgehead atoms. The topological polar surface area (TPSA) is 59.2 Å². The van der Waals surface area contributed by atoms with Crippen molar-refractivity contribution in [2.75, 3.05) is 6.61 Å². The van der Waals surface area contributed by atoms with Gasteiger partial charge in [-0.1, -0.05) is 0 Å². The fourth-order valence-electron chi connectivity index (χ4n) is 1.35. The highest BCUT2D eigenvalue weighted by Gasteiger charge is 2.15. The molecule has 4 nitrogen and oxygen atoms in total. The first-order valence-corrected chi connectivity index (χ1v) is 6.22. The van der Waals surface area contributed by atoms with Crippen LogP contribution >= 0.6 is 27.3 Å². The van der Waals surface area contributed by atoms with Crippen LogP contribution in [0.4, 0.5) is 0 Å². The van der Waals surface area contributed by atoms with Gasteiger partial charge in [-0.25, -0.2) is 4.79 Å².